The summed E-state index contributed by atoms with van der Waals surface area (Å²) in [5, 5.41) is 3.74. The van der Waals surface area contributed by atoms with Gasteiger partial charge in [0.25, 0.3) is 0 Å². The lowest BCUT2D eigenvalue weighted by atomic mass is 10.1. The van der Waals surface area contributed by atoms with E-state index in [1.807, 2.05) is 18.2 Å². The smallest absolute Gasteiger partial charge is 0.166 e. The third-order valence-electron chi connectivity index (χ3n) is 4.41. The molecule has 3 rings (SSSR count). The van der Waals surface area contributed by atoms with Crippen molar-refractivity contribution >= 4 is 11.6 Å². The monoisotopic (exact) mass is 379 g/mol. The summed E-state index contributed by atoms with van der Waals surface area (Å²) in [5.74, 6) is 0.813. The van der Waals surface area contributed by atoms with Crippen molar-refractivity contribution in [3.05, 3.63) is 58.4 Å². The molecule has 0 amide bonds. The van der Waals surface area contributed by atoms with Gasteiger partial charge >= 0.3 is 0 Å². The Labute approximate surface area is 158 Å². The fourth-order valence-electron chi connectivity index (χ4n) is 3.01. The molecule has 26 heavy (non-hydrogen) atoms. The van der Waals surface area contributed by atoms with Crippen LogP contribution in [-0.4, -0.2) is 26.4 Å². The summed E-state index contributed by atoms with van der Waals surface area (Å²) in [7, 11) is 1.59. The first kappa shape index (κ1) is 19.0. The molecule has 1 heterocycles. The number of ether oxygens (including phenoxy) is 3. The normalized spacial score (nSPS) is 16.7. The second-order valence-electron chi connectivity index (χ2n) is 6.20. The van der Waals surface area contributed by atoms with Gasteiger partial charge in [0, 0.05) is 30.8 Å². The molecule has 2 aromatic rings. The fraction of sp³-hybridized carbons (Fsp3) is 0.400. The second-order valence-corrected chi connectivity index (χ2v) is 6.61. The van der Waals surface area contributed by atoms with E-state index < -0.39 is 0 Å². The minimum atomic E-state index is -0.384. The van der Waals surface area contributed by atoms with E-state index in [4.69, 9.17) is 25.8 Å². The van der Waals surface area contributed by atoms with Crippen molar-refractivity contribution in [2.24, 2.45) is 0 Å². The quantitative estimate of drug-likeness (QED) is 0.740. The van der Waals surface area contributed by atoms with Crippen LogP contribution in [0.25, 0.3) is 0 Å². The molecule has 4 nitrogen and oxygen atoms in total. The van der Waals surface area contributed by atoms with E-state index in [2.05, 4.69) is 5.32 Å². The predicted octanol–water partition coefficient (Wildman–Crippen LogP) is 4.34. The number of methoxy groups -OCH3 is 1. The number of para-hydroxylation sites is 1. The maximum atomic E-state index is 14.0. The van der Waals surface area contributed by atoms with Gasteiger partial charge in [-0.1, -0.05) is 29.8 Å². The molecule has 140 valence electrons. The van der Waals surface area contributed by atoms with Crippen LogP contribution < -0.4 is 14.8 Å². The minimum Gasteiger partial charge on any atom is -0.493 e. The Bertz CT molecular complexity index is 715. The average Bonchev–Trinajstić information content (AvgIpc) is 3.15. The molecule has 1 aliphatic heterocycles. The van der Waals surface area contributed by atoms with Gasteiger partial charge in [0.2, 0.25) is 0 Å². The number of hydrogen-bond donors (Lipinski definition) is 1. The average molecular weight is 380 g/mol. The van der Waals surface area contributed by atoms with Crippen molar-refractivity contribution in [1.82, 2.24) is 5.32 Å². The Morgan fingerprint density at radius 2 is 2.12 bits per heavy atom. The summed E-state index contributed by atoms with van der Waals surface area (Å²) in [6, 6.07) is 10.3. The third kappa shape index (κ3) is 4.67. The van der Waals surface area contributed by atoms with Gasteiger partial charge in [-0.15, -0.1) is 0 Å². The number of halogens is 2. The fourth-order valence-corrected chi connectivity index (χ4v) is 3.23. The Hall–Kier alpha value is -1.82. The van der Waals surface area contributed by atoms with Gasteiger partial charge < -0.3 is 19.5 Å². The van der Waals surface area contributed by atoms with Crippen molar-refractivity contribution in [1.29, 1.82) is 0 Å². The maximum Gasteiger partial charge on any atom is 0.166 e. The van der Waals surface area contributed by atoms with Crippen molar-refractivity contribution in [3.8, 4) is 11.5 Å². The molecule has 1 fully saturated rings. The van der Waals surface area contributed by atoms with E-state index in [-0.39, 0.29) is 18.5 Å². The molecule has 1 saturated heterocycles. The summed E-state index contributed by atoms with van der Waals surface area (Å²) >= 11 is 6.09. The molecule has 1 atom stereocenters. The van der Waals surface area contributed by atoms with E-state index in [1.54, 1.807) is 19.2 Å². The molecule has 1 N–H and O–H groups in total. The van der Waals surface area contributed by atoms with Gasteiger partial charge in [0.05, 0.1) is 18.2 Å². The van der Waals surface area contributed by atoms with E-state index in [0.717, 1.165) is 31.6 Å². The SMILES string of the molecule is COc1cccc(CNC[C@H]2CCCO2)c1OCc1c(F)cccc1Cl. The third-order valence-corrected chi connectivity index (χ3v) is 4.77. The molecule has 2 aromatic carbocycles. The van der Waals surface area contributed by atoms with Crippen LogP contribution in [0.4, 0.5) is 4.39 Å². The van der Waals surface area contributed by atoms with Gasteiger partial charge in [0.15, 0.2) is 11.5 Å². The summed E-state index contributed by atoms with van der Waals surface area (Å²) in [4.78, 5) is 0. The molecular weight excluding hydrogens is 357 g/mol. The van der Waals surface area contributed by atoms with E-state index >= 15 is 0 Å². The maximum absolute atomic E-state index is 14.0. The predicted molar refractivity (Wildman–Crippen MR) is 99.4 cm³/mol. The molecule has 0 unspecified atom stereocenters. The highest BCUT2D eigenvalue weighted by molar-refractivity contribution is 6.31. The van der Waals surface area contributed by atoms with Crippen molar-refractivity contribution < 1.29 is 18.6 Å². The first-order valence-corrected chi connectivity index (χ1v) is 9.10. The zero-order valence-electron chi connectivity index (χ0n) is 14.8. The molecule has 6 heteroatoms. The van der Waals surface area contributed by atoms with Crippen LogP contribution in [0.2, 0.25) is 5.02 Å². The van der Waals surface area contributed by atoms with Crippen LogP contribution >= 0.6 is 11.6 Å². The minimum absolute atomic E-state index is 0.0324. The van der Waals surface area contributed by atoms with Crippen LogP contribution in [0.3, 0.4) is 0 Å². The Kier molecular flexibility index (Phi) is 6.72. The van der Waals surface area contributed by atoms with Crippen molar-refractivity contribution in [2.45, 2.75) is 32.1 Å². The molecule has 1 aliphatic rings. The lowest BCUT2D eigenvalue weighted by Crippen LogP contribution is -2.26. The summed E-state index contributed by atoms with van der Waals surface area (Å²) in [6.45, 7) is 2.26. The topological polar surface area (TPSA) is 39.7 Å². The molecule has 0 spiro atoms. The van der Waals surface area contributed by atoms with E-state index in [0.29, 0.717) is 28.6 Å². The Morgan fingerprint density at radius 3 is 2.85 bits per heavy atom. The van der Waals surface area contributed by atoms with Crippen LogP contribution in [0, 0.1) is 5.82 Å². The van der Waals surface area contributed by atoms with Crippen molar-refractivity contribution in [2.75, 3.05) is 20.3 Å². The lowest BCUT2D eigenvalue weighted by molar-refractivity contribution is 0.110. The first-order valence-electron chi connectivity index (χ1n) is 8.73. The molecule has 0 radical (unpaired) electrons. The molecule has 0 saturated carbocycles. The van der Waals surface area contributed by atoms with Crippen LogP contribution in [-0.2, 0) is 17.9 Å². The van der Waals surface area contributed by atoms with Crippen LogP contribution in [0.5, 0.6) is 11.5 Å². The first-order chi connectivity index (χ1) is 12.7. The molecule has 0 bridgehead atoms. The van der Waals surface area contributed by atoms with Crippen molar-refractivity contribution in [3.63, 3.8) is 0 Å². The van der Waals surface area contributed by atoms with Crippen LogP contribution in [0.15, 0.2) is 36.4 Å². The van der Waals surface area contributed by atoms with Gasteiger partial charge in [-0.2, -0.15) is 0 Å². The summed E-state index contributed by atoms with van der Waals surface area (Å²) in [5.41, 5.74) is 1.27. The summed E-state index contributed by atoms with van der Waals surface area (Å²) < 4.78 is 30.9. The highest BCUT2D eigenvalue weighted by Crippen LogP contribution is 2.32. The second kappa shape index (κ2) is 9.21. The van der Waals surface area contributed by atoms with E-state index in [9.17, 15) is 4.39 Å². The molecule has 0 aliphatic carbocycles. The number of rotatable bonds is 8. The highest BCUT2D eigenvalue weighted by atomic mass is 35.5. The zero-order chi connectivity index (χ0) is 18.4. The standard InChI is InChI=1S/C20H23ClFNO3/c1-24-19-9-2-5-14(11-23-12-15-6-4-10-25-15)20(19)26-13-16-17(21)7-3-8-18(16)22/h2-3,5,7-9,15,23H,4,6,10-13H2,1H3/t15-/m1/s1. The number of nitrogens with one attached hydrogen (secondary N) is 1. The van der Waals surface area contributed by atoms with Gasteiger partial charge in [-0.3, -0.25) is 0 Å². The highest BCUT2D eigenvalue weighted by Gasteiger charge is 2.17. The van der Waals surface area contributed by atoms with Gasteiger partial charge in [-0.25, -0.2) is 4.39 Å². The summed E-state index contributed by atoms with van der Waals surface area (Å²) in [6.07, 6.45) is 2.46. The molecular formula is C20H23ClFNO3. The lowest BCUT2D eigenvalue weighted by Gasteiger charge is -2.17. The molecule has 0 aromatic heterocycles. The van der Waals surface area contributed by atoms with Gasteiger partial charge in [0.1, 0.15) is 12.4 Å². The largest absolute Gasteiger partial charge is 0.493 e. The Balaban J connectivity index is 1.69. The number of hydrogen-bond acceptors (Lipinski definition) is 4. The van der Waals surface area contributed by atoms with Gasteiger partial charge in [-0.05, 0) is 31.0 Å². The Morgan fingerprint density at radius 1 is 1.27 bits per heavy atom. The van der Waals surface area contributed by atoms with Crippen LogP contribution in [0.1, 0.15) is 24.0 Å². The van der Waals surface area contributed by atoms with E-state index in [1.165, 1.54) is 6.07 Å². The number of benzene rings is 2. The zero-order valence-corrected chi connectivity index (χ0v) is 15.5.